The van der Waals surface area contributed by atoms with E-state index in [4.69, 9.17) is 16.3 Å². The van der Waals surface area contributed by atoms with Gasteiger partial charge >= 0.3 is 0 Å². The number of ether oxygens (including phenoxy) is 1. The number of carbonyl (C=O) groups excluding carboxylic acids is 1. The highest BCUT2D eigenvalue weighted by molar-refractivity contribution is 6.31. The molecule has 1 aromatic carbocycles. The van der Waals surface area contributed by atoms with Crippen LogP contribution in [0.1, 0.15) is 19.3 Å². The summed E-state index contributed by atoms with van der Waals surface area (Å²) in [5.74, 6) is -0.629. The third-order valence-corrected chi connectivity index (χ3v) is 3.42. The number of hydrogen-bond donors (Lipinski definition) is 2. The summed E-state index contributed by atoms with van der Waals surface area (Å²) < 4.78 is 18.4. The van der Waals surface area contributed by atoms with Crippen molar-refractivity contribution < 1.29 is 13.9 Å². The Morgan fingerprint density at radius 3 is 3.05 bits per heavy atom. The summed E-state index contributed by atoms with van der Waals surface area (Å²) in [4.78, 5) is 11.7. The van der Waals surface area contributed by atoms with Crippen molar-refractivity contribution in [2.45, 2.75) is 25.4 Å². The van der Waals surface area contributed by atoms with Gasteiger partial charge in [-0.15, -0.1) is 0 Å². The quantitative estimate of drug-likeness (QED) is 0.794. The molecule has 1 amide bonds. The van der Waals surface area contributed by atoms with E-state index in [0.717, 1.165) is 26.0 Å². The van der Waals surface area contributed by atoms with E-state index < -0.39 is 5.82 Å². The van der Waals surface area contributed by atoms with Crippen LogP contribution in [0.15, 0.2) is 18.2 Å². The highest BCUT2D eigenvalue weighted by Crippen LogP contribution is 2.19. The molecular formula is C14H18ClFN2O2. The zero-order chi connectivity index (χ0) is 14.4. The van der Waals surface area contributed by atoms with Gasteiger partial charge in [0, 0.05) is 31.8 Å². The molecule has 0 bridgehead atoms. The molecular weight excluding hydrogens is 283 g/mol. The molecule has 2 rings (SSSR count). The van der Waals surface area contributed by atoms with Crippen LogP contribution in [-0.2, 0) is 9.53 Å². The fourth-order valence-electron chi connectivity index (χ4n) is 2.07. The van der Waals surface area contributed by atoms with E-state index in [2.05, 4.69) is 10.6 Å². The number of rotatable bonds is 6. The lowest BCUT2D eigenvalue weighted by molar-refractivity contribution is -0.116. The van der Waals surface area contributed by atoms with Gasteiger partial charge in [-0.1, -0.05) is 11.6 Å². The van der Waals surface area contributed by atoms with Gasteiger partial charge in [-0.3, -0.25) is 4.79 Å². The molecule has 1 aliphatic heterocycles. The Kier molecular flexibility index (Phi) is 5.76. The summed E-state index contributed by atoms with van der Waals surface area (Å²) >= 11 is 5.64. The van der Waals surface area contributed by atoms with Crippen LogP contribution in [0.3, 0.4) is 0 Å². The van der Waals surface area contributed by atoms with Gasteiger partial charge in [0.25, 0.3) is 0 Å². The molecule has 1 heterocycles. The lowest BCUT2D eigenvalue weighted by Gasteiger charge is -2.10. The zero-order valence-electron chi connectivity index (χ0n) is 11.1. The van der Waals surface area contributed by atoms with Gasteiger partial charge in [-0.2, -0.15) is 0 Å². The molecule has 1 aliphatic rings. The summed E-state index contributed by atoms with van der Waals surface area (Å²) in [6.45, 7) is 2.19. The zero-order valence-corrected chi connectivity index (χ0v) is 11.9. The van der Waals surface area contributed by atoms with Crippen molar-refractivity contribution in [3.63, 3.8) is 0 Å². The average molecular weight is 301 g/mol. The fourth-order valence-corrected chi connectivity index (χ4v) is 2.25. The first-order valence-electron chi connectivity index (χ1n) is 6.72. The number of nitrogens with one attached hydrogen (secondary N) is 2. The molecule has 0 aromatic heterocycles. The molecule has 6 heteroatoms. The minimum atomic E-state index is -0.497. The molecule has 1 unspecified atom stereocenters. The largest absolute Gasteiger partial charge is 0.377 e. The molecule has 110 valence electrons. The fraction of sp³-hybridized carbons (Fsp3) is 0.500. The summed E-state index contributed by atoms with van der Waals surface area (Å²) in [6.07, 6.45) is 2.81. The van der Waals surface area contributed by atoms with Gasteiger partial charge in [0.15, 0.2) is 0 Å². The first-order valence-corrected chi connectivity index (χ1v) is 7.10. The van der Waals surface area contributed by atoms with Crippen LogP contribution in [0.5, 0.6) is 0 Å². The normalized spacial score (nSPS) is 18.2. The number of anilines is 1. The molecule has 0 spiro atoms. The third kappa shape index (κ3) is 4.74. The van der Waals surface area contributed by atoms with Crippen molar-refractivity contribution in [1.29, 1.82) is 0 Å². The van der Waals surface area contributed by atoms with Crippen LogP contribution >= 0.6 is 11.6 Å². The summed E-state index contributed by atoms with van der Waals surface area (Å²) in [6, 6.07) is 4.11. The van der Waals surface area contributed by atoms with Gasteiger partial charge in [0.05, 0.1) is 11.1 Å². The summed E-state index contributed by atoms with van der Waals surface area (Å²) in [5, 5.41) is 5.87. The van der Waals surface area contributed by atoms with Crippen LogP contribution in [0.2, 0.25) is 5.02 Å². The number of halogens is 2. The molecule has 0 aliphatic carbocycles. The minimum absolute atomic E-state index is 0.000642. The van der Waals surface area contributed by atoms with Gasteiger partial charge in [-0.25, -0.2) is 4.39 Å². The Labute approximate surface area is 122 Å². The van der Waals surface area contributed by atoms with E-state index in [1.807, 2.05) is 0 Å². The molecule has 1 fully saturated rings. The van der Waals surface area contributed by atoms with Crippen LogP contribution < -0.4 is 10.6 Å². The second-order valence-electron chi connectivity index (χ2n) is 4.77. The van der Waals surface area contributed by atoms with Gasteiger partial charge in [-0.05, 0) is 31.0 Å². The van der Waals surface area contributed by atoms with Crippen LogP contribution in [0, 0.1) is 5.82 Å². The van der Waals surface area contributed by atoms with E-state index >= 15 is 0 Å². The van der Waals surface area contributed by atoms with Crippen molar-refractivity contribution in [3.8, 4) is 0 Å². The highest BCUT2D eigenvalue weighted by Gasteiger charge is 2.14. The lowest BCUT2D eigenvalue weighted by atomic mass is 10.2. The topological polar surface area (TPSA) is 50.4 Å². The molecule has 20 heavy (non-hydrogen) atoms. The van der Waals surface area contributed by atoms with Crippen LogP contribution in [0.4, 0.5) is 10.1 Å². The molecule has 4 nitrogen and oxygen atoms in total. The SMILES string of the molecule is O=C(CCNCC1CCCO1)Nc1ccc(F)c(Cl)c1. The summed E-state index contributed by atoms with van der Waals surface area (Å²) in [7, 11) is 0. The predicted molar refractivity (Wildman–Crippen MR) is 76.5 cm³/mol. The third-order valence-electron chi connectivity index (χ3n) is 3.13. The Balaban J connectivity index is 1.65. The Hall–Kier alpha value is -1.17. The minimum Gasteiger partial charge on any atom is -0.377 e. The molecule has 0 radical (unpaired) electrons. The van der Waals surface area contributed by atoms with Gasteiger partial charge in [0.2, 0.25) is 5.91 Å². The lowest BCUT2D eigenvalue weighted by Crippen LogP contribution is -2.29. The van der Waals surface area contributed by atoms with Crippen molar-refractivity contribution in [3.05, 3.63) is 29.0 Å². The maximum Gasteiger partial charge on any atom is 0.225 e. The first-order chi connectivity index (χ1) is 9.65. The van der Waals surface area contributed by atoms with Gasteiger partial charge in [0.1, 0.15) is 5.82 Å². The Morgan fingerprint density at radius 2 is 2.35 bits per heavy atom. The molecule has 1 atom stereocenters. The molecule has 1 aromatic rings. The summed E-state index contributed by atoms with van der Waals surface area (Å²) in [5.41, 5.74) is 0.500. The Morgan fingerprint density at radius 1 is 1.50 bits per heavy atom. The van der Waals surface area contributed by atoms with E-state index in [1.54, 1.807) is 0 Å². The van der Waals surface area contributed by atoms with E-state index in [-0.39, 0.29) is 17.0 Å². The van der Waals surface area contributed by atoms with Crippen molar-refractivity contribution in [1.82, 2.24) is 5.32 Å². The van der Waals surface area contributed by atoms with Crippen LogP contribution in [0.25, 0.3) is 0 Å². The molecule has 0 saturated carbocycles. The number of hydrogen-bond acceptors (Lipinski definition) is 3. The van der Waals surface area contributed by atoms with Crippen molar-refractivity contribution in [2.75, 3.05) is 25.0 Å². The number of benzene rings is 1. The smallest absolute Gasteiger partial charge is 0.225 e. The maximum absolute atomic E-state index is 13.0. The number of carbonyl (C=O) groups is 1. The number of amides is 1. The highest BCUT2D eigenvalue weighted by atomic mass is 35.5. The maximum atomic E-state index is 13.0. The van der Waals surface area contributed by atoms with E-state index in [1.165, 1.54) is 18.2 Å². The average Bonchev–Trinajstić information content (AvgIpc) is 2.92. The molecule has 2 N–H and O–H groups in total. The standard InChI is InChI=1S/C14H18ClFN2O2/c15-12-8-10(3-4-13(12)16)18-14(19)5-6-17-9-11-2-1-7-20-11/h3-4,8,11,17H,1-2,5-7,9H2,(H,18,19). The monoisotopic (exact) mass is 300 g/mol. The van der Waals surface area contributed by atoms with Crippen molar-refractivity contribution in [2.24, 2.45) is 0 Å². The predicted octanol–water partition coefficient (Wildman–Crippen LogP) is 2.58. The van der Waals surface area contributed by atoms with E-state index in [9.17, 15) is 9.18 Å². The second-order valence-corrected chi connectivity index (χ2v) is 5.17. The van der Waals surface area contributed by atoms with E-state index in [0.29, 0.717) is 18.7 Å². The van der Waals surface area contributed by atoms with Crippen LogP contribution in [-0.4, -0.2) is 31.7 Å². The second kappa shape index (κ2) is 7.57. The first kappa shape index (κ1) is 15.2. The molecule has 1 saturated heterocycles. The van der Waals surface area contributed by atoms with Crippen molar-refractivity contribution >= 4 is 23.2 Å². The Bertz CT molecular complexity index is 464. The van der Waals surface area contributed by atoms with Gasteiger partial charge < -0.3 is 15.4 Å².